The predicted octanol–water partition coefficient (Wildman–Crippen LogP) is 3.25. The van der Waals surface area contributed by atoms with E-state index in [0.717, 1.165) is 0 Å². The Balaban J connectivity index is 1.95. The van der Waals surface area contributed by atoms with Crippen molar-refractivity contribution in [2.75, 3.05) is 44.4 Å². The summed E-state index contributed by atoms with van der Waals surface area (Å²) in [6.45, 7) is 4.67. The van der Waals surface area contributed by atoms with Crippen LogP contribution in [0.4, 0.5) is 20.6 Å². The Morgan fingerprint density at radius 3 is 2.58 bits per heavy atom. The number of hydrogen-bond acceptors (Lipinski definition) is 5. The number of nitrogens with one attached hydrogen (secondary N) is 2. The molecule has 9 heteroatoms. The minimum atomic E-state index is -0.550. The lowest BCUT2D eigenvalue weighted by molar-refractivity contribution is 0.0365. The number of carbonyl (C=O) groups is 2. The van der Waals surface area contributed by atoms with Crippen molar-refractivity contribution >= 4 is 23.3 Å². The zero-order valence-corrected chi connectivity index (χ0v) is 19.3. The number of ether oxygens (including phenoxy) is 1. The number of anilines is 2. The number of amides is 3. The van der Waals surface area contributed by atoms with Crippen LogP contribution in [0.2, 0.25) is 0 Å². The Morgan fingerprint density at radius 1 is 1.24 bits per heavy atom. The first-order valence-electron chi connectivity index (χ1n) is 10.9. The zero-order chi connectivity index (χ0) is 24.1. The normalized spacial score (nSPS) is 19.2. The van der Waals surface area contributed by atoms with E-state index in [4.69, 9.17) is 4.74 Å². The van der Waals surface area contributed by atoms with Crippen LogP contribution in [-0.2, 0) is 0 Å². The first kappa shape index (κ1) is 24.5. The van der Waals surface area contributed by atoms with Crippen molar-refractivity contribution in [1.82, 2.24) is 9.80 Å². The molecular formula is C24H31FN4O4. The highest BCUT2D eigenvalue weighted by atomic mass is 19.1. The zero-order valence-electron chi connectivity index (χ0n) is 19.3. The summed E-state index contributed by atoms with van der Waals surface area (Å²) >= 11 is 0. The van der Waals surface area contributed by atoms with Gasteiger partial charge >= 0.3 is 6.03 Å². The number of halogens is 1. The second kappa shape index (κ2) is 10.6. The number of para-hydroxylation sites is 1. The number of fused-ring (bicyclic) bond motifs is 1. The van der Waals surface area contributed by atoms with E-state index in [2.05, 4.69) is 10.6 Å². The fraction of sp³-hybridized carbons (Fsp3) is 0.417. The van der Waals surface area contributed by atoms with Crippen LogP contribution in [0.1, 0.15) is 24.2 Å². The molecule has 3 atom stereocenters. The molecule has 0 saturated carbocycles. The van der Waals surface area contributed by atoms with Gasteiger partial charge in [0, 0.05) is 24.7 Å². The molecule has 0 unspecified atom stereocenters. The van der Waals surface area contributed by atoms with Gasteiger partial charge in [-0.1, -0.05) is 13.0 Å². The third-order valence-corrected chi connectivity index (χ3v) is 5.59. The van der Waals surface area contributed by atoms with E-state index in [1.54, 1.807) is 30.0 Å². The lowest BCUT2D eigenvalue weighted by Gasteiger charge is -2.38. The van der Waals surface area contributed by atoms with Crippen molar-refractivity contribution in [2.45, 2.75) is 26.0 Å². The third-order valence-electron chi connectivity index (χ3n) is 5.59. The van der Waals surface area contributed by atoms with E-state index in [9.17, 15) is 19.1 Å². The molecule has 33 heavy (non-hydrogen) atoms. The maximum absolute atomic E-state index is 13.4. The van der Waals surface area contributed by atoms with Gasteiger partial charge < -0.3 is 30.3 Å². The lowest BCUT2D eigenvalue weighted by Crippen LogP contribution is -2.49. The van der Waals surface area contributed by atoms with Gasteiger partial charge in [0.25, 0.3) is 5.91 Å². The molecule has 0 aliphatic carbocycles. The molecule has 0 saturated heterocycles. The number of hydrogen-bond donors (Lipinski definition) is 3. The van der Waals surface area contributed by atoms with Crippen LogP contribution in [0.25, 0.3) is 0 Å². The lowest BCUT2D eigenvalue weighted by atomic mass is 9.99. The monoisotopic (exact) mass is 458 g/mol. The molecule has 178 valence electrons. The summed E-state index contributed by atoms with van der Waals surface area (Å²) < 4.78 is 19.5. The summed E-state index contributed by atoms with van der Waals surface area (Å²) in [5.41, 5.74) is 1.08. The van der Waals surface area contributed by atoms with Crippen LogP contribution < -0.4 is 15.4 Å². The molecule has 1 aliphatic rings. The quantitative estimate of drug-likeness (QED) is 0.618. The van der Waals surface area contributed by atoms with Crippen LogP contribution in [0.3, 0.4) is 0 Å². The van der Waals surface area contributed by atoms with Crippen molar-refractivity contribution in [1.29, 1.82) is 0 Å². The molecule has 0 aromatic heterocycles. The summed E-state index contributed by atoms with van der Waals surface area (Å²) in [5, 5.41) is 15.1. The highest BCUT2D eigenvalue weighted by molar-refractivity contribution is 6.04. The van der Waals surface area contributed by atoms with E-state index >= 15 is 0 Å². The number of rotatable bonds is 6. The van der Waals surface area contributed by atoms with Crippen LogP contribution in [0.15, 0.2) is 42.5 Å². The first-order valence-corrected chi connectivity index (χ1v) is 10.9. The van der Waals surface area contributed by atoms with Crippen LogP contribution in [0, 0.1) is 11.7 Å². The smallest absolute Gasteiger partial charge is 0.323 e. The van der Waals surface area contributed by atoms with Gasteiger partial charge in [-0.3, -0.25) is 4.79 Å². The number of nitrogens with zero attached hydrogens (tertiary/aromatic N) is 2. The Kier molecular flexibility index (Phi) is 7.88. The second-order valence-corrected chi connectivity index (χ2v) is 8.65. The number of benzene rings is 2. The number of carbonyl (C=O) groups excluding carboxylic acids is 2. The molecule has 0 radical (unpaired) electrons. The molecule has 0 spiro atoms. The summed E-state index contributed by atoms with van der Waals surface area (Å²) in [5.74, 6) is -0.422. The summed E-state index contributed by atoms with van der Waals surface area (Å²) in [6, 6.07) is 9.47. The van der Waals surface area contributed by atoms with Crippen molar-refractivity contribution in [3.63, 3.8) is 0 Å². The highest BCUT2D eigenvalue weighted by Crippen LogP contribution is 2.35. The van der Waals surface area contributed by atoms with Gasteiger partial charge in [-0.2, -0.15) is 0 Å². The Hall–Kier alpha value is -3.17. The molecule has 2 aromatic carbocycles. The van der Waals surface area contributed by atoms with Crippen molar-refractivity contribution < 1.29 is 23.8 Å². The SMILES string of the molecule is C[C@H](CO)N1C[C@H](C)[C@@H](CN(C)C)Oc2c(NC(=O)Nc3ccc(F)cc3)cccc2C1=O. The predicted molar refractivity (Wildman–Crippen MR) is 125 cm³/mol. The third kappa shape index (κ3) is 6.00. The maximum atomic E-state index is 13.4. The van der Waals surface area contributed by atoms with E-state index in [1.165, 1.54) is 24.3 Å². The second-order valence-electron chi connectivity index (χ2n) is 8.65. The van der Waals surface area contributed by atoms with E-state index in [-0.39, 0.29) is 36.3 Å². The average Bonchev–Trinajstić information content (AvgIpc) is 2.77. The van der Waals surface area contributed by atoms with Gasteiger partial charge in [-0.15, -0.1) is 0 Å². The summed E-state index contributed by atoms with van der Waals surface area (Å²) in [4.78, 5) is 29.7. The molecule has 3 amide bonds. The molecule has 1 heterocycles. The summed E-state index contributed by atoms with van der Waals surface area (Å²) in [7, 11) is 3.88. The summed E-state index contributed by atoms with van der Waals surface area (Å²) in [6.07, 6.45) is -0.261. The standard InChI is InChI=1S/C24H31FN4O4/c1-15-12-29(16(2)14-30)23(31)19-6-5-7-20(22(19)33-21(15)13-28(3)4)27-24(32)26-18-10-8-17(25)9-11-18/h5-11,15-16,21,30H,12-14H2,1-4H3,(H2,26,27,32)/t15-,16+,21+/m0/s1. The van der Waals surface area contributed by atoms with E-state index in [0.29, 0.717) is 30.0 Å². The molecule has 0 bridgehead atoms. The topological polar surface area (TPSA) is 94.1 Å². The van der Waals surface area contributed by atoms with Gasteiger partial charge in [-0.25, -0.2) is 9.18 Å². The fourth-order valence-corrected chi connectivity index (χ4v) is 3.74. The van der Waals surface area contributed by atoms with Crippen molar-refractivity contribution in [2.24, 2.45) is 5.92 Å². The molecule has 1 aliphatic heterocycles. The fourth-order valence-electron chi connectivity index (χ4n) is 3.74. The van der Waals surface area contributed by atoms with Gasteiger partial charge in [0.05, 0.1) is 23.9 Å². The van der Waals surface area contributed by atoms with Crippen LogP contribution in [0.5, 0.6) is 5.75 Å². The van der Waals surface area contributed by atoms with Crippen LogP contribution >= 0.6 is 0 Å². The number of aliphatic hydroxyl groups excluding tert-OH is 1. The van der Waals surface area contributed by atoms with E-state index in [1.807, 2.05) is 25.9 Å². The minimum Gasteiger partial charge on any atom is -0.486 e. The van der Waals surface area contributed by atoms with Crippen molar-refractivity contribution in [3.8, 4) is 5.75 Å². The van der Waals surface area contributed by atoms with Gasteiger partial charge in [0.1, 0.15) is 11.9 Å². The molecule has 2 aromatic rings. The molecule has 8 nitrogen and oxygen atoms in total. The molecular weight excluding hydrogens is 427 g/mol. The van der Waals surface area contributed by atoms with Gasteiger partial charge in [0.15, 0.2) is 5.75 Å². The number of likely N-dealkylation sites (N-methyl/N-ethyl adjacent to an activating group) is 1. The highest BCUT2D eigenvalue weighted by Gasteiger charge is 2.34. The Bertz CT molecular complexity index is 983. The van der Waals surface area contributed by atoms with Gasteiger partial charge in [0.2, 0.25) is 0 Å². The average molecular weight is 459 g/mol. The molecule has 0 fully saturated rings. The largest absolute Gasteiger partial charge is 0.486 e. The van der Waals surface area contributed by atoms with Crippen LogP contribution in [-0.4, -0.2) is 72.8 Å². The Labute approximate surface area is 193 Å². The minimum absolute atomic E-state index is 0.0282. The first-order chi connectivity index (χ1) is 15.7. The number of urea groups is 1. The van der Waals surface area contributed by atoms with Crippen molar-refractivity contribution in [3.05, 3.63) is 53.8 Å². The molecule has 3 N–H and O–H groups in total. The van der Waals surface area contributed by atoms with Gasteiger partial charge in [-0.05, 0) is 57.4 Å². The Morgan fingerprint density at radius 2 is 1.94 bits per heavy atom. The number of aliphatic hydroxyl groups is 1. The maximum Gasteiger partial charge on any atom is 0.323 e. The van der Waals surface area contributed by atoms with E-state index < -0.39 is 11.8 Å². The molecule has 3 rings (SSSR count).